The molecule has 2 rings (SSSR count). The van der Waals surface area contributed by atoms with Crippen LogP contribution in [-0.4, -0.2) is 45.9 Å². The van der Waals surface area contributed by atoms with Crippen LogP contribution in [0.25, 0.3) is 0 Å². The third kappa shape index (κ3) is 2.36. The molecule has 0 radical (unpaired) electrons. The highest BCUT2D eigenvalue weighted by Gasteiger charge is 2.25. The molecule has 1 aromatic heterocycles. The summed E-state index contributed by atoms with van der Waals surface area (Å²) in [7, 11) is 1.79. The summed E-state index contributed by atoms with van der Waals surface area (Å²) in [6, 6.07) is 3.75. The van der Waals surface area contributed by atoms with Gasteiger partial charge in [-0.25, -0.2) is 4.79 Å². The lowest BCUT2D eigenvalue weighted by molar-refractivity contribution is 0.197. The Morgan fingerprint density at radius 1 is 1.59 bits per heavy atom. The van der Waals surface area contributed by atoms with Crippen LogP contribution < -0.4 is 5.73 Å². The number of hydrogen-bond acceptors (Lipinski definition) is 3. The predicted molar refractivity (Wildman–Crippen MR) is 68.6 cm³/mol. The molecule has 0 aromatic carbocycles. The summed E-state index contributed by atoms with van der Waals surface area (Å²) in [5.74, 6) is 0. The fourth-order valence-electron chi connectivity index (χ4n) is 1.84. The lowest BCUT2D eigenvalue weighted by Gasteiger charge is -2.17. The van der Waals surface area contributed by atoms with Gasteiger partial charge in [-0.1, -0.05) is 18.3 Å². The van der Waals surface area contributed by atoms with Gasteiger partial charge in [-0.05, 0) is 6.07 Å². The number of aromatic nitrogens is 1. The smallest absolute Gasteiger partial charge is 0.320 e. The van der Waals surface area contributed by atoms with Crippen molar-refractivity contribution in [2.75, 3.05) is 20.1 Å². The molecule has 0 spiro atoms. The van der Waals surface area contributed by atoms with Crippen molar-refractivity contribution in [3.05, 3.63) is 29.6 Å². The van der Waals surface area contributed by atoms with E-state index in [-0.39, 0.29) is 11.0 Å². The Hall–Kier alpha value is -1.69. The first-order valence-electron chi connectivity index (χ1n) is 5.33. The van der Waals surface area contributed by atoms with Gasteiger partial charge in [-0.15, -0.1) is 0 Å². The number of amides is 2. The van der Waals surface area contributed by atoms with Crippen LogP contribution in [0.15, 0.2) is 18.3 Å². The van der Waals surface area contributed by atoms with Crippen molar-refractivity contribution in [3.63, 3.8) is 0 Å². The highest BCUT2D eigenvalue weighted by Crippen LogP contribution is 2.14. The van der Waals surface area contributed by atoms with Gasteiger partial charge in [0, 0.05) is 38.4 Å². The van der Waals surface area contributed by atoms with Crippen molar-refractivity contribution in [1.29, 1.82) is 0 Å². The minimum Gasteiger partial charge on any atom is -0.388 e. The summed E-state index contributed by atoms with van der Waals surface area (Å²) in [5, 5.41) is 0. The minimum absolute atomic E-state index is 0.0303. The van der Waals surface area contributed by atoms with Gasteiger partial charge in [0.2, 0.25) is 0 Å². The SMILES string of the molecule is CN1CCN(Cc2cccnc2C(N)=S)C1=O. The van der Waals surface area contributed by atoms with E-state index in [0.717, 1.165) is 18.7 Å². The van der Waals surface area contributed by atoms with Gasteiger partial charge in [0.15, 0.2) is 0 Å². The Bertz CT molecular complexity index is 463. The van der Waals surface area contributed by atoms with Crippen molar-refractivity contribution >= 4 is 23.2 Å². The number of thiocarbonyl (C=S) groups is 1. The fraction of sp³-hybridized carbons (Fsp3) is 0.364. The maximum atomic E-state index is 11.8. The molecule has 90 valence electrons. The minimum atomic E-state index is 0.0303. The van der Waals surface area contributed by atoms with Gasteiger partial charge in [-0.2, -0.15) is 0 Å². The molecule has 0 saturated carbocycles. The molecular weight excluding hydrogens is 236 g/mol. The van der Waals surface area contributed by atoms with E-state index in [9.17, 15) is 4.79 Å². The highest BCUT2D eigenvalue weighted by atomic mass is 32.1. The molecule has 2 heterocycles. The average molecular weight is 250 g/mol. The number of carbonyl (C=O) groups excluding carboxylic acids is 1. The number of nitrogens with two attached hydrogens (primary N) is 1. The zero-order valence-electron chi connectivity index (χ0n) is 9.59. The molecule has 1 fully saturated rings. The van der Waals surface area contributed by atoms with Crippen molar-refractivity contribution in [1.82, 2.24) is 14.8 Å². The Morgan fingerprint density at radius 2 is 2.35 bits per heavy atom. The van der Waals surface area contributed by atoms with Crippen LogP contribution in [0.5, 0.6) is 0 Å². The molecule has 0 unspecified atom stereocenters. The molecule has 2 amide bonds. The summed E-state index contributed by atoms with van der Waals surface area (Å²) in [6.07, 6.45) is 1.65. The van der Waals surface area contributed by atoms with Crippen molar-refractivity contribution in [2.45, 2.75) is 6.54 Å². The molecule has 1 aliphatic heterocycles. The van der Waals surface area contributed by atoms with Crippen LogP contribution in [0.1, 0.15) is 11.3 Å². The van der Waals surface area contributed by atoms with E-state index >= 15 is 0 Å². The molecule has 1 aliphatic rings. The topological polar surface area (TPSA) is 62.5 Å². The lowest BCUT2D eigenvalue weighted by atomic mass is 10.2. The Morgan fingerprint density at radius 3 is 2.94 bits per heavy atom. The third-order valence-electron chi connectivity index (χ3n) is 2.79. The largest absolute Gasteiger partial charge is 0.388 e. The first-order valence-corrected chi connectivity index (χ1v) is 5.74. The number of hydrogen-bond donors (Lipinski definition) is 1. The summed E-state index contributed by atoms with van der Waals surface area (Å²) >= 11 is 4.94. The van der Waals surface area contributed by atoms with Gasteiger partial charge in [-0.3, -0.25) is 4.98 Å². The quantitative estimate of drug-likeness (QED) is 0.797. The molecule has 6 heteroatoms. The van der Waals surface area contributed by atoms with Gasteiger partial charge < -0.3 is 15.5 Å². The van der Waals surface area contributed by atoms with E-state index in [1.54, 1.807) is 23.0 Å². The maximum absolute atomic E-state index is 11.8. The van der Waals surface area contributed by atoms with E-state index in [2.05, 4.69) is 4.98 Å². The van der Waals surface area contributed by atoms with Crippen LogP contribution in [0.3, 0.4) is 0 Å². The molecule has 1 saturated heterocycles. The second-order valence-electron chi connectivity index (χ2n) is 4.00. The van der Waals surface area contributed by atoms with Gasteiger partial charge in [0.1, 0.15) is 10.7 Å². The molecule has 17 heavy (non-hydrogen) atoms. The number of pyridine rings is 1. The normalized spacial score (nSPS) is 15.5. The number of rotatable bonds is 3. The summed E-state index contributed by atoms with van der Waals surface area (Å²) < 4.78 is 0. The van der Waals surface area contributed by atoms with Crippen molar-refractivity contribution in [2.24, 2.45) is 5.73 Å². The lowest BCUT2D eigenvalue weighted by Crippen LogP contribution is -2.30. The second-order valence-corrected chi connectivity index (χ2v) is 4.44. The van der Waals surface area contributed by atoms with E-state index in [0.29, 0.717) is 12.2 Å². The molecule has 1 aromatic rings. The second kappa shape index (κ2) is 4.67. The summed E-state index contributed by atoms with van der Waals surface area (Å²) in [6.45, 7) is 1.98. The Kier molecular flexibility index (Phi) is 3.23. The third-order valence-corrected chi connectivity index (χ3v) is 2.98. The molecular formula is C11H14N4OS. The highest BCUT2D eigenvalue weighted by molar-refractivity contribution is 7.80. The van der Waals surface area contributed by atoms with Crippen LogP contribution in [0.4, 0.5) is 4.79 Å². The molecule has 5 nitrogen and oxygen atoms in total. The van der Waals surface area contributed by atoms with Crippen molar-refractivity contribution in [3.8, 4) is 0 Å². The summed E-state index contributed by atoms with van der Waals surface area (Å²) in [4.78, 5) is 19.6. The van der Waals surface area contributed by atoms with E-state index in [1.165, 1.54) is 0 Å². The Labute approximate surface area is 105 Å². The summed E-state index contributed by atoms with van der Waals surface area (Å²) in [5.41, 5.74) is 7.10. The number of nitrogens with zero attached hydrogens (tertiary/aromatic N) is 3. The number of carbonyl (C=O) groups is 1. The van der Waals surface area contributed by atoms with Crippen LogP contribution in [0.2, 0.25) is 0 Å². The van der Waals surface area contributed by atoms with Gasteiger partial charge in [0.05, 0.1) is 0 Å². The zero-order valence-corrected chi connectivity index (χ0v) is 10.4. The van der Waals surface area contributed by atoms with Crippen molar-refractivity contribution < 1.29 is 4.79 Å². The first-order chi connectivity index (χ1) is 8.09. The fourth-order valence-corrected chi connectivity index (χ4v) is 2.03. The van der Waals surface area contributed by atoms with E-state index in [4.69, 9.17) is 18.0 Å². The molecule has 0 bridgehead atoms. The van der Waals surface area contributed by atoms with Gasteiger partial charge >= 0.3 is 6.03 Å². The monoisotopic (exact) mass is 250 g/mol. The first kappa shape index (κ1) is 11.8. The van der Waals surface area contributed by atoms with E-state index < -0.39 is 0 Å². The van der Waals surface area contributed by atoms with E-state index in [1.807, 2.05) is 12.1 Å². The standard InChI is InChI=1S/C11H14N4OS/c1-14-5-6-15(11(14)16)7-8-3-2-4-13-9(8)10(12)17/h2-4H,5-7H2,1H3,(H2,12,17). The maximum Gasteiger partial charge on any atom is 0.320 e. The van der Waals surface area contributed by atoms with Crippen LogP contribution >= 0.6 is 12.2 Å². The molecule has 0 aliphatic carbocycles. The van der Waals surface area contributed by atoms with Gasteiger partial charge in [0.25, 0.3) is 0 Å². The molecule has 2 N–H and O–H groups in total. The predicted octanol–water partition coefficient (Wildman–Crippen LogP) is 0.583. The number of likely N-dealkylation sites (N-methyl/N-ethyl adjacent to an activating group) is 1. The van der Waals surface area contributed by atoms with Crippen LogP contribution in [0, 0.1) is 0 Å². The van der Waals surface area contributed by atoms with Crippen LogP contribution in [-0.2, 0) is 6.54 Å². The molecule has 0 atom stereocenters. The Balaban J connectivity index is 2.19. The average Bonchev–Trinajstić information content (AvgIpc) is 2.61. The zero-order chi connectivity index (χ0) is 12.4. The number of urea groups is 1.